The van der Waals surface area contributed by atoms with Crippen LogP contribution in [0.1, 0.15) is 40.4 Å². The van der Waals surface area contributed by atoms with E-state index in [2.05, 4.69) is 44.0 Å². The van der Waals surface area contributed by atoms with Gasteiger partial charge in [-0.2, -0.15) is 9.67 Å². The third kappa shape index (κ3) is 3.64. The van der Waals surface area contributed by atoms with Crippen molar-refractivity contribution in [3.63, 3.8) is 0 Å². The van der Waals surface area contributed by atoms with Crippen LogP contribution in [-0.4, -0.2) is 37.3 Å². The van der Waals surface area contributed by atoms with Gasteiger partial charge in [-0.25, -0.2) is 0 Å². The number of carbonyl (C=O) groups excluding carboxylic acids is 1. The van der Waals surface area contributed by atoms with Crippen LogP contribution in [-0.2, 0) is 13.0 Å². The third-order valence-corrected chi connectivity index (χ3v) is 5.99. The van der Waals surface area contributed by atoms with Gasteiger partial charge in [0.05, 0.1) is 13.0 Å². The summed E-state index contributed by atoms with van der Waals surface area (Å²) in [5.74, 6) is 0.937. The van der Waals surface area contributed by atoms with Crippen molar-refractivity contribution in [2.45, 2.75) is 31.7 Å². The van der Waals surface area contributed by atoms with Crippen molar-refractivity contribution in [2.75, 3.05) is 12.8 Å². The lowest BCUT2D eigenvalue weighted by Crippen LogP contribution is -2.26. The van der Waals surface area contributed by atoms with Gasteiger partial charge in [0.15, 0.2) is 5.82 Å². The number of aromatic nitrogens is 5. The molecule has 1 aliphatic carbocycles. The lowest BCUT2D eigenvalue weighted by atomic mass is 9.86. The van der Waals surface area contributed by atoms with E-state index in [9.17, 15) is 4.79 Å². The lowest BCUT2D eigenvalue weighted by molar-refractivity contribution is 0.0854. The van der Waals surface area contributed by atoms with Crippen molar-refractivity contribution >= 4 is 11.9 Å². The zero-order valence-electron chi connectivity index (χ0n) is 17.8. The molecule has 1 aromatic carbocycles. The fourth-order valence-corrected chi connectivity index (χ4v) is 4.35. The van der Waals surface area contributed by atoms with Gasteiger partial charge in [0.1, 0.15) is 5.75 Å². The number of nitrogen functional groups attached to an aromatic ring is 1. The Hall–Kier alpha value is -3.94. The fourth-order valence-electron chi connectivity index (χ4n) is 4.35. The first-order valence-electron chi connectivity index (χ1n) is 10.6. The topological polar surface area (TPSA) is 101 Å². The number of nitrogens with zero attached hydrogens (tertiary/aromatic N) is 5. The molecule has 0 amide bonds. The highest BCUT2D eigenvalue weighted by Gasteiger charge is 2.31. The van der Waals surface area contributed by atoms with E-state index < -0.39 is 0 Å². The van der Waals surface area contributed by atoms with Crippen molar-refractivity contribution in [3.8, 4) is 17.1 Å². The van der Waals surface area contributed by atoms with E-state index in [0.717, 1.165) is 42.7 Å². The van der Waals surface area contributed by atoms with Crippen LogP contribution in [0.4, 0.5) is 5.95 Å². The molecule has 1 unspecified atom stereocenters. The fraction of sp³-hybridized carbons (Fsp3) is 0.250. The molecule has 2 N–H and O–H groups in total. The average Bonchev–Trinajstić information content (AvgIpc) is 3.43. The van der Waals surface area contributed by atoms with Gasteiger partial charge in [-0.05, 0) is 60.7 Å². The molecule has 8 nitrogen and oxygen atoms in total. The number of benzene rings is 1. The number of ether oxygens (including phenoxy) is 1. The summed E-state index contributed by atoms with van der Waals surface area (Å²) in [6.45, 7) is 0.748. The Bertz CT molecular complexity index is 1240. The van der Waals surface area contributed by atoms with E-state index in [4.69, 9.17) is 10.5 Å². The first kappa shape index (κ1) is 20.0. The molecule has 32 heavy (non-hydrogen) atoms. The van der Waals surface area contributed by atoms with Gasteiger partial charge in [0.2, 0.25) is 5.95 Å². The first-order chi connectivity index (χ1) is 15.6. The van der Waals surface area contributed by atoms with Crippen LogP contribution in [0.3, 0.4) is 0 Å². The van der Waals surface area contributed by atoms with Crippen molar-refractivity contribution < 1.29 is 9.53 Å². The number of methoxy groups -OCH3 is 1. The van der Waals surface area contributed by atoms with Crippen LogP contribution in [0, 0.1) is 0 Å². The van der Waals surface area contributed by atoms with Gasteiger partial charge in [-0.15, -0.1) is 5.10 Å². The Balaban J connectivity index is 1.41. The van der Waals surface area contributed by atoms with E-state index in [1.807, 2.05) is 12.1 Å². The average molecular weight is 428 g/mol. The molecule has 0 saturated heterocycles. The van der Waals surface area contributed by atoms with E-state index in [-0.39, 0.29) is 17.8 Å². The molecule has 3 aromatic heterocycles. The molecule has 1 atom stereocenters. The predicted molar refractivity (Wildman–Crippen MR) is 120 cm³/mol. The molecule has 0 aliphatic heterocycles. The summed E-state index contributed by atoms with van der Waals surface area (Å²) in [7, 11) is 1.66. The van der Waals surface area contributed by atoms with E-state index in [0.29, 0.717) is 5.82 Å². The second-order valence-corrected chi connectivity index (χ2v) is 7.92. The van der Waals surface area contributed by atoms with Gasteiger partial charge < -0.3 is 15.0 Å². The second-order valence-electron chi connectivity index (χ2n) is 7.92. The number of carbonyl (C=O) groups is 1. The van der Waals surface area contributed by atoms with Gasteiger partial charge in [-0.1, -0.05) is 12.1 Å². The lowest BCUT2D eigenvalue weighted by Gasteiger charge is -2.23. The van der Waals surface area contributed by atoms with Crippen LogP contribution in [0.2, 0.25) is 0 Å². The maximum absolute atomic E-state index is 13.4. The maximum Gasteiger partial charge on any atom is 0.257 e. The predicted octanol–water partition coefficient (Wildman–Crippen LogP) is 3.54. The zero-order chi connectivity index (χ0) is 22.1. The van der Waals surface area contributed by atoms with Crippen molar-refractivity contribution in [1.82, 2.24) is 24.3 Å². The Morgan fingerprint density at radius 3 is 2.69 bits per heavy atom. The molecule has 0 saturated carbocycles. The first-order valence-corrected chi connectivity index (χ1v) is 10.6. The summed E-state index contributed by atoms with van der Waals surface area (Å²) < 4.78 is 8.72. The van der Waals surface area contributed by atoms with Crippen molar-refractivity contribution in [3.05, 3.63) is 77.9 Å². The number of hydrogen-bond donors (Lipinski definition) is 1. The summed E-state index contributed by atoms with van der Waals surface area (Å²) in [5.41, 5.74) is 10.3. The second kappa shape index (κ2) is 8.30. The highest BCUT2D eigenvalue weighted by molar-refractivity contribution is 5.88. The smallest absolute Gasteiger partial charge is 0.257 e. The Morgan fingerprint density at radius 2 is 1.94 bits per heavy atom. The zero-order valence-corrected chi connectivity index (χ0v) is 17.8. The van der Waals surface area contributed by atoms with E-state index >= 15 is 0 Å². The molecule has 1 aliphatic rings. The van der Waals surface area contributed by atoms with Crippen LogP contribution < -0.4 is 10.5 Å². The standard InChI is InChI=1S/C24H24N6O2/c1-32-18-7-5-16(6-8-18)15-29-14-11-19-20(3-2-4-21(19)29)23(31)30-24(25)27-22(28-30)17-9-12-26-13-10-17/h5-14,20H,2-4,15H2,1H3,(H2,25,27,28). The molecule has 8 heteroatoms. The summed E-state index contributed by atoms with van der Waals surface area (Å²) >= 11 is 0. The van der Waals surface area contributed by atoms with E-state index in [1.165, 1.54) is 15.9 Å². The monoisotopic (exact) mass is 428 g/mol. The molecule has 3 heterocycles. The number of pyridine rings is 1. The summed E-state index contributed by atoms with van der Waals surface area (Å²) in [6, 6.07) is 13.7. The number of hydrogen-bond acceptors (Lipinski definition) is 6. The maximum atomic E-state index is 13.4. The molecular formula is C24H24N6O2. The largest absolute Gasteiger partial charge is 0.497 e. The number of anilines is 1. The minimum atomic E-state index is -0.287. The molecule has 0 radical (unpaired) electrons. The van der Waals surface area contributed by atoms with Crippen molar-refractivity contribution in [2.24, 2.45) is 0 Å². The quantitative estimate of drug-likeness (QED) is 0.522. The highest BCUT2D eigenvalue weighted by atomic mass is 16.5. The normalized spacial score (nSPS) is 15.3. The molecule has 162 valence electrons. The molecule has 0 fully saturated rings. The van der Waals surface area contributed by atoms with Gasteiger partial charge in [0, 0.05) is 36.4 Å². The van der Waals surface area contributed by atoms with Crippen LogP contribution >= 0.6 is 0 Å². The van der Waals surface area contributed by atoms with Gasteiger partial charge in [-0.3, -0.25) is 9.78 Å². The van der Waals surface area contributed by atoms with E-state index in [1.54, 1.807) is 31.6 Å². The molecule has 0 bridgehead atoms. The summed E-state index contributed by atoms with van der Waals surface area (Å²) in [6.07, 6.45) is 8.02. The van der Waals surface area contributed by atoms with Crippen LogP contribution in [0.5, 0.6) is 5.75 Å². The highest BCUT2D eigenvalue weighted by Crippen LogP contribution is 2.34. The Kier molecular flexibility index (Phi) is 5.18. The van der Waals surface area contributed by atoms with Crippen LogP contribution in [0.25, 0.3) is 11.4 Å². The van der Waals surface area contributed by atoms with Gasteiger partial charge in [0.25, 0.3) is 5.91 Å². The van der Waals surface area contributed by atoms with Crippen molar-refractivity contribution in [1.29, 1.82) is 0 Å². The molecule has 4 aromatic rings. The minimum absolute atomic E-state index is 0.103. The Morgan fingerprint density at radius 1 is 1.16 bits per heavy atom. The summed E-state index contributed by atoms with van der Waals surface area (Å²) in [4.78, 5) is 21.7. The minimum Gasteiger partial charge on any atom is -0.497 e. The Labute approximate surface area is 185 Å². The van der Waals surface area contributed by atoms with Crippen LogP contribution in [0.15, 0.2) is 61.1 Å². The SMILES string of the molecule is COc1ccc(Cn2ccc3c2CCCC3C(=O)n2nc(-c3ccncc3)nc2N)cc1. The molecule has 5 rings (SSSR count). The molecule has 0 spiro atoms. The number of nitrogens with two attached hydrogens (primary N) is 1. The summed E-state index contributed by atoms with van der Waals surface area (Å²) in [5, 5.41) is 4.40. The number of fused-ring (bicyclic) bond motifs is 1. The molecular weight excluding hydrogens is 404 g/mol. The van der Waals surface area contributed by atoms with Gasteiger partial charge >= 0.3 is 0 Å². The number of rotatable bonds is 5. The third-order valence-electron chi connectivity index (χ3n) is 5.99.